The molecule has 0 amide bonds. The molecule has 0 atom stereocenters. The summed E-state index contributed by atoms with van der Waals surface area (Å²) in [7, 11) is -3.88. The Hall–Kier alpha value is -2.34. The van der Waals surface area contributed by atoms with Gasteiger partial charge in [-0.2, -0.15) is 8.42 Å². The van der Waals surface area contributed by atoms with Crippen LogP contribution in [0.3, 0.4) is 0 Å². The quantitative estimate of drug-likeness (QED) is 0.406. The lowest BCUT2D eigenvalue weighted by molar-refractivity contribution is 0.322. The maximum absolute atomic E-state index is 12.3. The van der Waals surface area contributed by atoms with Gasteiger partial charge in [0.2, 0.25) is 0 Å². The van der Waals surface area contributed by atoms with Gasteiger partial charge in [0.1, 0.15) is 10.6 Å². The van der Waals surface area contributed by atoms with Crippen LogP contribution in [0.5, 0.6) is 5.75 Å². The molecule has 5 nitrogen and oxygen atoms in total. The van der Waals surface area contributed by atoms with Crippen molar-refractivity contribution in [1.82, 2.24) is 0 Å². The topological polar surface area (TPSA) is 76.0 Å². The van der Waals surface area contributed by atoms with E-state index < -0.39 is 10.1 Å². The van der Waals surface area contributed by atoms with E-state index in [9.17, 15) is 8.42 Å². The number of aryl methyl sites for hydroxylation is 3. The zero-order valence-corrected chi connectivity index (χ0v) is 13.4. The average molecular weight is 319 g/mol. The Morgan fingerprint density at radius 1 is 1.05 bits per heavy atom. The fourth-order valence-corrected chi connectivity index (χ4v) is 3.17. The molecule has 0 radical (unpaired) electrons. The summed E-state index contributed by atoms with van der Waals surface area (Å²) in [5.74, 6) is 0.288. The molecule has 0 unspecified atom stereocenters. The molecule has 0 bridgehead atoms. The number of nitrogens with zero attached hydrogens (tertiary/aromatic N) is 1. The SMILES string of the molecule is Cc1ccc(S(=O)(=O)Oc2c(C)cc(/C=N/O)cc2C)cc1. The van der Waals surface area contributed by atoms with Gasteiger partial charge in [-0.15, -0.1) is 0 Å². The van der Waals surface area contributed by atoms with Gasteiger partial charge in [-0.1, -0.05) is 22.9 Å². The second-order valence-electron chi connectivity index (χ2n) is 5.08. The predicted molar refractivity (Wildman–Crippen MR) is 84.3 cm³/mol. The lowest BCUT2D eigenvalue weighted by Gasteiger charge is -2.13. The van der Waals surface area contributed by atoms with E-state index in [1.54, 1.807) is 38.1 Å². The molecule has 0 aliphatic rings. The Balaban J connectivity index is 2.39. The summed E-state index contributed by atoms with van der Waals surface area (Å²) in [5.41, 5.74) is 2.92. The third-order valence-corrected chi connectivity index (χ3v) is 4.43. The Morgan fingerprint density at radius 3 is 2.09 bits per heavy atom. The minimum atomic E-state index is -3.88. The second kappa shape index (κ2) is 6.19. The summed E-state index contributed by atoms with van der Waals surface area (Å²) >= 11 is 0. The van der Waals surface area contributed by atoms with Crippen molar-refractivity contribution in [3.05, 3.63) is 58.7 Å². The van der Waals surface area contributed by atoms with E-state index in [-0.39, 0.29) is 10.6 Å². The summed E-state index contributed by atoms with van der Waals surface area (Å²) in [5, 5.41) is 11.5. The third kappa shape index (κ3) is 3.46. The second-order valence-corrected chi connectivity index (χ2v) is 6.63. The van der Waals surface area contributed by atoms with Crippen LogP contribution in [-0.2, 0) is 10.1 Å². The predicted octanol–water partition coefficient (Wildman–Crippen LogP) is 3.19. The van der Waals surface area contributed by atoms with E-state index in [0.29, 0.717) is 16.7 Å². The summed E-state index contributed by atoms with van der Waals surface area (Å²) in [6.07, 6.45) is 1.28. The highest BCUT2D eigenvalue weighted by Crippen LogP contribution is 2.27. The summed E-state index contributed by atoms with van der Waals surface area (Å²) < 4.78 is 30.0. The minimum absolute atomic E-state index is 0.109. The maximum Gasteiger partial charge on any atom is 0.339 e. The van der Waals surface area contributed by atoms with Crippen LogP contribution < -0.4 is 4.18 Å². The van der Waals surface area contributed by atoms with Crippen molar-refractivity contribution in [2.24, 2.45) is 5.16 Å². The lowest BCUT2D eigenvalue weighted by Crippen LogP contribution is -2.11. The van der Waals surface area contributed by atoms with Crippen LogP contribution in [0.1, 0.15) is 22.3 Å². The molecule has 0 aliphatic heterocycles. The number of hydrogen-bond donors (Lipinski definition) is 1. The standard InChI is InChI=1S/C16H17NO4S/c1-11-4-6-15(7-5-11)22(19,20)21-16-12(2)8-14(10-17-18)9-13(16)3/h4-10,18H,1-3H3/b17-10+. The van der Waals surface area contributed by atoms with E-state index in [0.717, 1.165) is 5.56 Å². The molecule has 116 valence electrons. The van der Waals surface area contributed by atoms with Crippen LogP contribution in [0.15, 0.2) is 46.4 Å². The molecule has 2 aromatic carbocycles. The number of rotatable bonds is 4. The highest BCUT2D eigenvalue weighted by atomic mass is 32.2. The lowest BCUT2D eigenvalue weighted by atomic mass is 10.1. The Bertz CT molecular complexity index is 786. The Kier molecular flexibility index (Phi) is 4.51. The van der Waals surface area contributed by atoms with E-state index >= 15 is 0 Å². The third-order valence-electron chi connectivity index (χ3n) is 3.19. The monoisotopic (exact) mass is 319 g/mol. The molecule has 1 N–H and O–H groups in total. The summed E-state index contributed by atoms with van der Waals surface area (Å²) in [6.45, 7) is 5.36. The number of oxime groups is 1. The first-order valence-corrected chi connectivity index (χ1v) is 8.04. The molecular formula is C16H17NO4S. The van der Waals surface area contributed by atoms with E-state index in [4.69, 9.17) is 9.39 Å². The van der Waals surface area contributed by atoms with Crippen LogP contribution in [0.25, 0.3) is 0 Å². The summed E-state index contributed by atoms with van der Waals surface area (Å²) in [4.78, 5) is 0.109. The fourth-order valence-electron chi connectivity index (χ4n) is 2.12. The number of hydrogen-bond acceptors (Lipinski definition) is 5. The minimum Gasteiger partial charge on any atom is -0.411 e. The van der Waals surface area contributed by atoms with Gasteiger partial charge in [-0.05, 0) is 61.7 Å². The van der Waals surface area contributed by atoms with Gasteiger partial charge in [0.15, 0.2) is 0 Å². The Morgan fingerprint density at radius 2 is 1.59 bits per heavy atom. The molecule has 0 heterocycles. The molecule has 2 rings (SSSR count). The zero-order valence-electron chi connectivity index (χ0n) is 12.6. The van der Waals surface area contributed by atoms with Crippen molar-refractivity contribution < 1.29 is 17.8 Å². The van der Waals surface area contributed by atoms with Crippen LogP contribution in [-0.4, -0.2) is 19.8 Å². The molecule has 0 spiro atoms. The normalized spacial score (nSPS) is 11.8. The largest absolute Gasteiger partial charge is 0.411 e. The molecule has 0 saturated carbocycles. The highest BCUT2D eigenvalue weighted by Gasteiger charge is 2.19. The fraction of sp³-hybridized carbons (Fsp3) is 0.188. The Labute approximate surface area is 130 Å². The van der Waals surface area contributed by atoms with Gasteiger partial charge in [-0.3, -0.25) is 0 Å². The molecule has 0 fully saturated rings. The van der Waals surface area contributed by atoms with Crippen LogP contribution in [0, 0.1) is 20.8 Å². The van der Waals surface area contributed by atoms with E-state index in [2.05, 4.69) is 5.16 Å². The van der Waals surface area contributed by atoms with Crippen molar-refractivity contribution in [3.8, 4) is 5.75 Å². The van der Waals surface area contributed by atoms with E-state index in [1.165, 1.54) is 18.3 Å². The molecule has 2 aromatic rings. The maximum atomic E-state index is 12.3. The molecule has 0 saturated heterocycles. The van der Waals surface area contributed by atoms with Crippen molar-refractivity contribution in [1.29, 1.82) is 0 Å². The highest BCUT2D eigenvalue weighted by molar-refractivity contribution is 7.87. The van der Waals surface area contributed by atoms with Crippen LogP contribution in [0.4, 0.5) is 0 Å². The van der Waals surface area contributed by atoms with Gasteiger partial charge >= 0.3 is 10.1 Å². The van der Waals surface area contributed by atoms with E-state index in [1.807, 2.05) is 6.92 Å². The van der Waals surface area contributed by atoms with Gasteiger partial charge < -0.3 is 9.39 Å². The first kappa shape index (κ1) is 16.0. The smallest absolute Gasteiger partial charge is 0.339 e. The van der Waals surface area contributed by atoms with Crippen LogP contribution >= 0.6 is 0 Å². The van der Waals surface area contributed by atoms with Gasteiger partial charge in [0, 0.05) is 0 Å². The molecular weight excluding hydrogens is 302 g/mol. The van der Waals surface area contributed by atoms with Gasteiger partial charge in [0.05, 0.1) is 6.21 Å². The van der Waals surface area contributed by atoms with Crippen LogP contribution in [0.2, 0.25) is 0 Å². The first-order valence-electron chi connectivity index (χ1n) is 6.63. The first-order chi connectivity index (χ1) is 10.3. The van der Waals surface area contributed by atoms with Crippen molar-refractivity contribution >= 4 is 16.3 Å². The molecule has 0 aliphatic carbocycles. The number of benzene rings is 2. The summed E-state index contributed by atoms with van der Waals surface area (Å²) in [6, 6.07) is 9.84. The molecule has 0 aromatic heterocycles. The molecule has 22 heavy (non-hydrogen) atoms. The van der Waals surface area contributed by atoms with Crippen molar-refractivity contribution in [2.45, 2.75) is 25.7 Å². The van der Waals surface area contributed by atoms with Gasteiger partial charge in [0.25, 0.3) is 0 Å². The van der Waals surface area contributed by atoms with Gasteiger partial charge in [-0.25, -0.2) is 0 Å². The molecule has 6 heteroatoms. The van der Waals surface area contributed by atoms with Crippen molar-refractivity contribution in [2.75, 3.05) is 0 Å². The van der Waals surface area contributed by atoms with Crippen molar-refractivity contribution in [3.63, 3.8) is 0 Å². The zero-order chi connectivity index (χ0) is 16.3. The average Bonchev–Trinajstić information content (AvgIpc) is 2.44.